The topological polar surface area (TPSA) is 43.9 Å². The molecule has 0 saturated carbocycles. The second-order valence-electron chi connectivity index (χ2n) is 11.5. The molecule has 0 spiro atoms. The van der Waals surface area contributed by atoms with E-state index in [0.29, 0.717) is 11.5 Å². The zero-order valence-electron chi connectivity index (χ0n) is 22.7. The molecule has 0 aliphatic heterocycles. The second kappa shape index (κ2) is 7.92. The van der Waals surface area contributed by atoms with Gasteiger partial charge in [-0.3, -0.25) is 4.57 Å². The molecule has 194 valence electrons. The fourth-order valence-electron chi connectivity index (χ4n) is 6.87. The van der Waals surface area contributed by atoms with Crippen LogP contribution < -0.4 is 0 Å². The second-order valence-corrected chi connectivity index (χ2v) is 11.5. The number of rotatable bonds is 2. The summed E-state index contributed by atoms with van der Waals surface area (Å²) < 4.78 is 8.68. The van der Waals surface area contributed by atoms with Gasteiger partial charge >= 0.3 is 0 Å². The van der Waals surface area contributed by atoms with Gasteiger partial charge in [-0.2, -0.15) is 4.98 Å². The van der Waals surface area contributed by atoms with Crippen molar-refractivity contribution in [3.8, 4) is 28.3 Å². The van der Waals surface area contributed by atoms with Crippen LogP contribution in [-0.2, 0) is 5.41 Å². The van der Waals surface area contributed by atoms with Crippen LogP contribution in [0.2, 0.25) is 0 Å². The number of hydrogen-bond acceptors (Lipinski definition) is 3. The van der Waals surface area contributed by atoms with Crippen LogP contribution in [0.4, 0.5) is 0 Å². The smallest absolute Gasteiger partial charge is 0.233 e. The SMILES string of the molecule is CC1(C)c2ccccc2-c2cc3c4ccccc4n(-c4nc(-c5ccccc5)nc5oc6ccccc6c45)c3cc21. The van der Waals surface area contributed by atoms with Gasteiger partial charge in [-0.15, -0.1) is 0 Å². The molecule has 0 radical (unpaired) electrons. The average molecular weight is 528 g/mol. The molecule has 9 rings (SSSR count). The fraction of sp³-hybridized carbons (Fsp3) is 0.0811. The minimum atomic E-state index is -0.111. The zero-order chi connectivity index (χ0) is 27.3. The molecule has 0 bridgehead atoms. The molecular formula is C37H25N3O. The van der Waals surface area contributed by atoms with Crippen LogP contribution in [0.25, 0.3) is 72.2 Å². The lowest BCUT2D eigenvalue weighted by Gasteiger charge is -2.21. The lowest BCUT2D eigenvalue weighted by atomic mass is 9.82. The van der Waals surface area contributed by atoms with Crippen molar-refractivity contribution in [3.05, 3.63) is 126 Å². The Morgan fingerprint density at radius 2 is 1.34 bits per heavy atom. The van der Waals surface area contributed by atoms with E-state index in [1.54, 1.807) is 0 Å². The Balaban J connectivity index is 1.46. The van der Waals surface area contributed by atoms with E-state index >= 15 is 0 Å². The molecule has 8 aromatic rings. The molecular weight excluding hydrogens is 502 g/mol. The largest absolute Gasteiger partial charge is 0.437 e. The first-order chi connectivity index (χ1) is 20.1. The van der Waals surface area contributed by atoms with E-state index in [0.717, 1.165) is 38.8 Å². The van der Waals surface area contributed by atoms with Gasteiger partial charge in [0.2, 0.25) is 5.71 Å². The number of benzene rings is 5. The van der Waals surface area contributed by atoms with Gasteiger partial charge < -0.3 is 4.42 Å². The van der Waals surface area contributed by atoms with E-state index in [4.69, 9.17) is 14.4 Å². The van der Waals surface area contributed by atoms with Crippen LogP contribution >= 0.6 is 0 Å². The van der Waals surface area contributed by atoms with E-state index < -0.39 is 0 Å². The maximum absolute atomic E-state index is 6.36. The molecule has 0 N–H and O–H groups in total. The van der Waals surface area contributed by atoms with E-state index in [1.807, 2.05) is 48.5 Å². The predicted octanol–water partition coefficient (Wildman–Crippen LogP) is 9.45. The monoisotopic (exact) mass is 527 g/mol. The molecule has 0 atom stereocenters. The highest BCUT2D eigenvalue weighted by molar-refractivity contribution is 6.14. The minimum absolute atomic E-state index is 0.111. The summed E-state index contributed by atoms with van der Waals surface area (Å²) in [7, 11) is 0. The van der Waals surface area contributed by atoms with Gasteiger partial charge in [0.25, 0.3) is 0 Å². The van der Waals surface area contributed by atoms with Crippen molar-refractivity contribution in [1.82, 2.24) is 14.5 Å². The number of nitrogens with zero attached hydrogens (tertiary/aromatic N) is 3. The van der Waals surface area contributed by atoms with Crippen molar-refractivity contribution < 1.29 is 4.42 Å². The minimum Gasteiger partial charge on any atom is -0.437 e. The van der Waals surface area contributed by atoms with Crippen molar-refractivity contribution in [2.45, 2.75) is 19.3 Å². The van der Waals surface area contributed by atoms with Crippen molar-refractivity contribution in [1.29, 1.82) is 0 Å². The van der Waals surface area contributed by atoms with Crippen LogP contribution in [0, 0.1) is 0 Å². The summed E-state index contributed by atoms with van der Waals surface area (Å²) in [5.41, 5.74) is 9.83. The summed E-state index contributed by atoms with van der Waals surface area (Å²) in [5.74, 6) is 1.48. The summed E-state index contributed by atoms with van der Waals surface area (Å²) in [6, 6.07) is 40.5. The summed E-state index contributed by atoms with van der Waals surface area (Å²) in [4.78, 5) is 10.2. The van der Waals surface area contributed by atoms with Crippen molar-refractivity contribution in [2.75, 3.05) is 0 Å². The quantitative estimate of drug-likeness (QED) is 0.225. The van der Waals surface area contributed by atoms with Gasteiger partial charge in [0.05, 0.1) is 16.4 Å². The summed E-state index contributed by atoms with van der Waals surface area (Å²) in [5, 5.41) is 4.35. The van der Waals surface area contributed by atoms with E-state index in [-0.39, 0.29) is 5.41 Å². The van der Waals surface area contributed by atoms with E-state index in [1.165, 1.54) is 33.0 Å². The molecule has 0 unspecified atom stereocenters. The molecule has 1 aliphatic rings. The zero-order valence-corrected chi connectivity index (χ0v) is 22.7. The Bertz CT molecular complexity index is 2340. The maximum Gasteiger partial charge on any atom is 0.233 e. The summed E-state index contributed by atoms with van der Waals surface area (Å²) in [6.07, 6.45) is 0. The van der Waals surface area contributed by atoms with Crippen LogP contribution in [-0.4, -0.2) is 14.5 Å². The Morgan fingerprint density at radius 1 is 0.610 bits per heavy atom. The van der Waals surface area contributed by atoms with Crippen LogP contribution in [0.15, 0.2) is 120 Å². The van der Waals surface area contributed by atoms with Gasteiger partial charge in [0, 0.05) is 27.1 Å². The Morgan fingerprint density at radius 3 is 2.22 bits per heavy atom. The number of fused-ring (bicyclic) bond motifs is 9. The average Bonchev–Trinajstić information content (AvgIpc) is 3.62. The van der Waals surface area contributed by atoms with Crippen molar-refractivity contribution in [2.24, 2.45) is 0 Å². The number of hydrogen-bond donors (Lipinski definition) is 0. The maximum atomic E-state index is 6.36. The lowest BCUT2D eigenvalue weighted by molar-refractivity contribution is 0.653. The van der Waals surface area contributed by atoms with Crippen LogP contribution in [0.3, 0.4) is 0 Å². The Labute approximate surface area is 236 Å². The van der Waals surface area contributed by atoms with Gasteiger partial charge in [0.15, 0.2) is 11.6 Å². The number of aromatic nitrogens is 3. The lowest BCUT2D eigenvalue weighted by Crippen LogP contribution is -2.15. The van der Waals surface area contributed by atoms with E-state index in [9.17, 15) is 0 Å². The molecule has 0 saturated heterocycles. The third-order valence-corrected chi connectivity index (χ3v) is 8.84. The first-order valence-corrected chi connectivity index (χ1v) is 14.0. The highest BCUT2D eigenvalue weighted by Crippen LogP contribution is 2.51. The Kier molecular flexibility index (Phi) is 4.36. The third-order valence-electron chi connectivity index (χ3n) is 8.84. The molecule has 0 amide bonds. The van der Waals surface area contributed by atoms with E-state index in [2.05, 4.69) is 85.1 Å². The predicted molar refractivity (Wildman–Crippen MR) is 167 cm³/mol. The molecule has 41 heavy (non-hydrogen) atoms. The highest BCUT2D eigenvalue weighted by Gasteiger charge is 2.36. The van der Waals surface area contributed by atoms with Gasteiger partial charge in [-0.25, -0.2) is 4.98 Å². The van der Waals surface area contributed by atoms with Gasteiger partial charge in [0.1, 0.15) is 5.58 Å². The number of furan rings is 1. The molecule has 5 aromatic carbocycles. The van der Waals surface area contributed by atoms with Gasteiger partial charge in [-0.1, -0.05) is 105 Å². The first-order valence-electron chi connectivity index (χ1n) is 14.0. The summed E-state index contributed by atoms with van der Waals surface area (Å²) in [6.45, 7) is 4.66. The normalized spacial score (nSPS) is 13.8. The van der Waals surface area contributed by atoms with Crippen molar-refractivity contribution in [3.63, 3.8) is 0 Å². The Hall–Kier alpha value is -5.22. The molecule has 1 aliphatic carbocycles. The number of para-hydroxylation sites is 2. The molecule has 4 heteroatoms. The molecule has 4 nitrogen and oxygen atoms in total. The highest BCUT2D eigenvalue weighted by atomic mass is 16.3. The summed E-state index contributed by atoms with van der Waals surface area (Å²) >= 11 is 0. The standard InChI is InChI=1S/C37H25N3O/c1-37(2)28-17-9-6-14-23(28)26-20-27-24-15-7-10-18-30(24)40(31(27)21-29(26)37)35-33-25-16-8-11-19-32(25)41-36(33)39-34(38-35)22-12-4-3-5-13-22/h3-21H,1-2H3. The van der Waals surface area contributed by atoms with Crippen molar-refractivity contribution >= 4 is 43.9 Å². The first kappa shape index (κ1) is 22.6. The van der Waals surface area contributed by atoms with Gasteiger partial charge in [-0.05, 0) is 46.5 Å². The molecule has 3 aromatic heterocycles. The molecule has 0 fully saturated rings. The molecule has 3 heterocycles. The fourth-order valence-corrected chi connectivity index (χ4v) is 6.87. The van der Waals surface area contributed by atoms with Crippen LogP contribution in [0.1, 0.15) is 25.0 Å². The third kappa shape index (κ3) is 2.99. The van der Waals surface area contributed by atoms with Crippen LogP contribution in [0.5, 0.6) is 0 Å².